The Kier molecular flexibility index (Phi) is 5.53. The second-order valence-corrected chi connectivity index (χ2v) is 7.73. The molecule has 0 aliphatic carbocycles. The minimum Gasteiger partial charge on any atom is -0.323 e. The molecular weight excluding hydrogens is 441 g/mol. The standard InChI is InChI=1S/C25H19F3N6/c1-2-20-16-7-3-4-8-17(16)22(30-20)31-24-21(15-11-13-29-14-12-15)33-34-23(32-24)18-9-5-6-10-19(18)25(26,27)28/h3-14,20H,2H2,1H3,(H,30,31,32,34). The highest BCUT2D eigenvalue weighted by molar-refractivity contribution is 6.11. The first-order valence-electron chi connectivity index (χ1n) is 10.7. The zero-order valence-corrected chi connectivity index (χ0v) is 18.1. The zero-order chi connectivity index (χ0) is 23.7. The van der Waals surface area contributed by atoms with Crippen LogP contribution in [0.2, 0.25) is 0 Å². The quantitative estimate of drug-likeness (QED) is 0.408. The molecule has 0 radical (unpaired) electrons. The summed E-state index contributed by atoms with van der Waals surface area (Å²) < 4.78 is 40.9. The van der Waals surface area contributed by atoms with Crippen molar-refractivity contribution in [3.63, 3.8) is 0 Å². The van der Waals surface area contributed by atoms with Gasteiger partial charge >= 0.3 is 6.18 Å². The van der Waals surface area contributed by atoms with Gasteiger partial charge in [-0.15, -0.1) is 10.2 Å². The number of hydrogen-bond acceptors (Lipinski definition) is 6. The molecule has 34 heavy (non-hydrogen) atoms. The first-order chi connectivity index (χ1) is 16.5. The summed E-state index contributed by atoms with van der Waals surface area (Å²) in [5.74, 6) is 0.721. The molecule has 3 heterocycles. The average Bonchev–Trinajstić information content (AvgIpc) is 3.21. The Morgan fingerprint density at radius 1 is 0.882 bits per heavy atom. The lowest BCUT2D eigenvalue weighted by Gasteiger charge is -2.14. The van der Waals surface area contributed by atoms with Gasteiger partial charge in [-0.25, -0.2) is 4.98 Å². The normalized spacial score (nSPS) is 15.1. The highest BCUT2D eigenvalue weighted by atomic mass is 19.4. The summed E-state index contributed by atoms with van der Waals surface area (Å²) in [5, 5.41) is 11.5. The second kappa shape index (κ2) is 8.66. The predicted molar refractivity (Wildman–Crippen MR) is 123 cm³/mol. The van der Waals surface area contributed by atoms with Crippen LogP contribution in [0.15, 0.2) is 78.0 Å². The van der Waals surface area contributed by atoms with Gasteiger partial charge in [-0.05, 0) is 30.2 Å². The smallest absolute Gasteiger partial charge is 0.323 e. The molecule has 0 bridgehead atoms. The molecular formula is C25H19F3N6. The van der Waals surface area contributed by atoms with Crippen LogP contribution in [0.25, 0.3) is 22.6 Å². The van der Waals surface area contributed by atoms with Crippen molar-refractivity contribution >= 4 is 11.7 Å². The van der Waals surface area contributed by atoms with Crippen LogP contribution >= 0.6 is 0 Å². The molecule has 0 fully saturated rings. The average molecular weight is 460 g/mol. The zero-order valence-electron chi connectivity index (χ0n) is 18.1. The number of alkyl halides is 3. The molecule has 0 spiro atoms. The van der Waals surface area contributed by atoms with Crippen molar-refractivity contribution in [3.8, 4) is 22.6 Å². The summed E-state index contributed by atoms with van der Waals surface area (Å²) in [6.45, 7) is 2.05. The minimum atomic E-state index is -4.56. The van der Waals surface area contributed by atoms with Crippen molar-refractivity contribution in [2.24, 2.45) is 4.99 Å². The highest BCUT2D eigenvalue weighted by Gasteiger charge is 2.34. The number of aromatic nitrogens is 4. The van der Waals surface area contributed by atoms with E-state index in [0.717, 1.165) is 23.6 Å². The van der Waals surface area contributed by atoms with Gasteiger partial charge in [-0.3, -0.25) is 9.98 Å². The van der Waals surface area contributed by atoms with Crippen LogP contribution in [-0.2, 0) is 6.18 Å². The van der Waals surface area contributed by atoms with E-state index >= 15 is 0 Å². The highest BCUT2D eigenvalue weighted by Crippen LogP contribution is 2.37. The van der Waals surface area contributed by atoms with E-state index in [2.05, 4.69) is 32.4 Å². The second-order valence-electron chi connectivity index (χ2n) is 7.73. The number of amidine groups is 1. The van der Waals surface area contributed by atoms with Gasteiger partial charge in [0.15, 0.2) is 11.6 Å². The van der Waals surface area contributed by atoms with Crippen LogP contribution in [0, 0.1) is 0 Å². The number of hydrogen-bond donors (Lipinski definition) is 1. The number of aliphatic imine (C=N–C) groups is 1. The molecule has 1 unspecified atom stereocenters. The number of nitrogens with zero attached hydrogens (tertiary/aromatic N) is 5. The molecule has 2 aromatic heterocycles. The Labute approximate surface area is 193 Å². The Balaban J connectivity index is 1.64. The maximum Gasteiger partial charge on any atom is 0.417 e. The van der Waals surface area contributed by atoms with Gasteiger partial charge in [-0.1, -0.05) is 49.4 Å². The molecule has 9 heteroatoms. The molecule has 0 saturated heterocycles. The third-order valence-corrected chi connectivity index (χ3v) is 5.60. The van der Waals surface area contributed by atoms with Gasteiger partial charge in [0.05, 0.1) is 11.6 Å². The van der Waals surface area contributed by atoms with E-state index in [9.17, 15) is 13.2 Å². The topological polar surface area (TPSA) is 76.0 Å². The van der Waals surface area contributed by atoms with Gasteiger partial charge in [0.25, 0.3) is 0 Å². The van der Waals surface area contributed by atoms with E-state index in [0.29, 0.717) is 17.1 Å². The molecule has 170 valence electrons. The van der Waals surface area contributed by atoms with Crippen LogP contribution in [-0.4, -0.2) is 26.0 Å². The fraction of sp³-hybridized carbons (Fsp3) is 0.160. The molecule has 2 aromatic carbocycles. The minimum absolute atomic E-state index is 0.0108. The van der Waals surface area contributed by atoms with Gasteiger partial charge < -0.3 is 5.32 Å². The molecule has 5 rings (SSSR count). The van der Waals surface area contributed by atoms with Crippen LogP contribution in [0.3, 0.4) is 0 Å². The lowest BCUT2D eigenvalue weighted by atomic mass is 10.0. The molecule has 0 amide bonds. The largest absolute Gasteiger partial charge is 0.417 e. The fourth-order valence-electron chi connectivity index (χ4n) is 3.98. The molecule has 1 aliphatic heterocycles. The molecule has 6 nitrogen and oxygen atoms in total. The van der Waals surface area contributed by atoms with E-state index < -0.39 is 11.7 Å². The van der Waals surface area contributed by atoms with Crippen LogP contribution in [0.4, 0.5) is 19.0 Å². The summed E-state index contributed by atoms with van der Waals surface area (Å²) in [7, 11) is 0. The number of fused-ring (bicyclic) bond motifs is 1. The van der Waals surface area contributed by atoms with Crippen molar-refractivity contribution < 1.29 is 13.2 Å². The van der Waals surface area contributed by atoms with Crippen LogP contribution in [0.1, 0.15) is 36.1 Å². The summed E-state index contributed by atoms with van der Waals surface area (Å²) in [4.78, 5) is 13.3. The number of anilines is 1. The van der Waals surface area contributed by atoms with E-state index in [-0.39, 0.29) is 23.2 Å². The van der Waals surface area contributed by atoms with E-state index in [4.69, 9.17) is 4.99 Å². The molecule has 0 saturated carbocycles. The summed E-state index contributed by atoms with van der Waals surface area (Å²) in [5.41, 5.74) is 2.09. The summed E-state index contributed by atoms with van der Waals surface area (Å²) in [6.07, 6.45) is -0.544. The number of nitrogens with one attached hydrogen (secondary N) is 1. The molecule has 4 aromatic rings. The monoisotopic (exact) mass is 460 g/mol. The van der Waals surface area contributed by atoms with Gasteiger partial charge in [0.1, 0.15) is 11.5 Å². The third kappa shape index (κ3) is 4.00. The van der Waals surface area contributed by atoms with Gasteiger partial charge in [-0.2, -0.15) is 13.2 Å². The lowest BCUT2D eigenvalue weighted by molar-refractivity contribution is -0.137. The third-order valence-electron chi connectivity index (χ3n) is 5.60. The van der Waals surface area contributed by atoms with Crippen molar-refractivity contribution in [1.82, 2.24) is 20.2 Å². The van der Waals surface area contributed by atoms with E-state index in [1.165, 1.54) is 18.2 Å². The number of benzene rings is 2. The van der Waals surface area contributed by atoms with Crippen LogP contribution < -0.4 is 5.32 Å². The molecule has 1 N–H and O–H groups in total. The van der Waals surface area contributed by atoms with Crippen molar-refractivity contribution in [3.05, 3.63) is 89.7 Å². The molecule has 1 aliphatic rings. The van der Waals surface area contributed by atoms with E-state index in [1.807, 2.05) is 24.3 Å². The molecule has 1 atom stereocenters. The van der Waals surface area contributed by atoms with Gasteiger partial charge in [0, 0.05) is 29.1 Å². The summed E-state index contributed by atoms with van der Waals surface area (Å²) >= 11 is 0. The van der Waals surface area contributed by atoms with Crippen molar-refractivity contribution in [2.45, 2.75) is 25.6 Å². The van der Waals surface area contributed by atoms with E-state index in [1.54, 1.807) is 24.5 Å². The number of pyridine rings is 1. The Morgan fingerprint density at radius 3 is 2.32 bits per heavy atom. The maximum atomic E-state index is 13.6. The van der Waals surface area contributed by atoms with Gasteiger partial charge in [0.2, 0.25) is 0 Å². The van der Waals surface area contributed by atoms with Crippen LogP contribution in [0.5, 0.6) is 0 Å². The Hall–Kier alpha value is -4.14. The first kappa shape index (κ1) is 21.7. The maximum absolute atomic E-state index is 13.6. The first-order valence-corrected chi connectivity index (χ1v) is 10.7. The lowest BCUT2D eigenvalue weighted by Crippen LogP contribution is -2.16. The number of rotatable bonds is 4. The SMILES string of the molecule is CCC1N=C(Nc2nc(-c3ccccc3C(F)(F)F)nnc2-c2ccncc2)c2ccccc21. The van der Waals surface area contributed by atoms with Crippen molar-refractivity contribution in [1.29, 1.82) is 0 Å². The summed E-state index contributed by atoms with van der Waals surface area (Å²) in [6, 6.07) is 16.5. The fourth-order valence-corrected chi connectivity index (χ4v) is 3.98. The predicted octanol–water partition coefficient (Wildman–Crippen LogP) is 5.94. The Morgan fingerprint density at radius 2 is 1.59 bits per heavy atom. The Bertz CT molecular complexity index is 1370. The van der Waals surface area contributed by atoms with Crippen molar-refractivity contribution in [2.75, 3.05) is 5.32 Å². The number of halogens is 3.